The molecule has 0 saturated carbocycles. The number of hydrogen-bond donors (Lipinski definition) is 11. The largest absolute Gasteiger partial charge is 0.490 e. The number of rotatable bonds is 18. The molecule has 3 aliphatic rings. The molecule has 0 radical (unpaired) electrons. The van der Waals surface area contributed by atoms with Crippen LogP contribution in [-0.2, 0) is 59.7 Å². The highest BCUT2D eigenvalue weighted by Gasteiger charge is 2.66. The Hall–Kier alpha value is -3.90. The van der Waals surface area contributed by atoms with E-state index < -0.39 is 121 Å². The minimum atomic E-state index is -5.85. The van der Waals surface area contributed by atoms with E-state index in [9.17, 15) is 62.8 Å². The summed E-state index contributed by atoms with van der Waals surface area (Å²) < 4.78 is 116. The number of amides is 1. The summed E-state index contributed by atoms with van der Waals surface area (Å²) in [7, 11) is -21.8. The lowest BCUT2D eigenvalue weighted by Gasteiger charge is -2.36. The summed E-state index contributed by atoms with van der Waals surface area (Å²) in [5.74, 6) is -8.14. The number of aliphatic hydroxyl groups is 4. The molecular weight excluding hydrogens is 1040 g/mol. The average molecular weight is 1090 g/mol. The topological polar surface area (TPSA) is 420 Å². The number of hydrogen-bond acceptors (Lipinski definition) is 21. The van der Waals surface area contributed by atoms with Gasteiger partial charge in [-0.3, -0.25) is 33.0 Å². The molecule has 1 amide bonds. The fourth-order valence-electron chi connectivity index (χ4n) is 6.16. The molecule has 2 fully saturated rings. The SMILES string of the molecule is C=C1NC(=O)C=CN1[C@@H]1O[C@](F)(COP(=O)(O)OP(=O)(O)OP(=O)(O)O)[C@@H](O)[C@@]1(C)O.CC(NP(=O)(OC[C@@]1(F)O[C@@H](n2ccc(=O)[nH]c2=O)[C@](C)(O)[C@@H]1O)Oc1ccccc1)C(=O)OCC(C)(C)C. The smallest absolute Gasteiger partial charge is 0.464 e. The molecule has 35 heteroatoms. The van der Waals surface area contributed by atoms with Crippen LogP contribution in [0.3, 0.4) is 0 Å². The molecule has 3 aliphatic heterocycles. The molecule has 4 unspecified atom stereocenters. The summed E-state index contributed by atoms with van der Waals surface area (Å²) in [4.78, 5) is 85.7. The van der Waals surface area contributed by atoms with Crippen LogP contribution < -0.4 is 26.2 Å². The van der Waals surface area contributed by atoms with Crippen molar-refractivity contribution >= 4 is 43.1 Å². The Bertz CT molecular complexity index is 2610. The highest BCUT2D eigenvalue weighted by Crippen LogP contribution is 2.66. The Labute approximate surface area is 394 Å². The number of nitrogens with zero attached hydrogens (tertiary/aromatic N) is 2. The summed E-state index contributed by atoms with van der Waals surface area (Å²) >= 11 is 0. The average Bonchev–Trinajstić information content (AvgIpc) is 3.50. The van der Waals surface area contributed by atoms with Crippen LogP contribution in [0.4, 0.5) is 8.78 Å². The summed E-state index contributed by atoms with van der Waals surface area (Å²) in [6, 6.07) is 7.40. The molecule has 2 saturated heterocycles. The molecule has 2 aromatic rings. The first-order valence-electron chi connectivity index (χ1n) is 19.8. The van der Waals surface area contributed by atoms with Gasteiger partial charge in [-0.1, -0.05) is 45.5 Å². The second-order valence-corrected chi connectivity index (χ2v) is 23.1. The minimum Gasteiger partial charge on any atom is -0.464 e. The molecule has 0 spiro atoms. The number of phosphoric acid groups is 3. The highest BCUT2D eigenvalue weighted by molar-refractivity contribution is 7.66. The van der Waals surface area contributed by atoms with E-state index in [2.05, 4.69) is 30.1 Å². The molecule has 1 aromatic heterocycles. The van der Waals surface area contributed by atoms with Crippen molar-refractivity contribution in [2.75, 3.05) is 19.8 Å². The Kier molecular flexibility index (Phi) is 17.8. The molecule has 4 heterocycles. The number of aliphatic hydroxyl groups excluding tert-OH is 2. The van der Waals surface area contributed by atoms with Gasteiger partial charge in [0.2, 0.25) is 0 Å². The van der Waals surface area contributed by atoms with Crippen LogP contribution in [0.5, 0.6) is 5.75 Å². The number of aromatic amines is 1. The summed E-state index contributed by atoms with van der Waals surface area (Å²) in [6.45, 7) is 9.40. The molecular formula is C35H51F2N5O24P4. The highest BCUT2D eigenvalue weighted by atomic mass is 31.3. The molecule has 394 valence electrons. The first-order chi connectivity index (χ1) is 31.7. The van der Waals surface area contributed by atoms with E-state index in [1.54, 1.807) is 18.2 Å². The number of carbonyl (C=O) groups excluding carboxylic acids is 2. The van der Waals surface area contributed by atoms with E-state index in [4.69, 9.17) is 37.9 Å². The maximum atomic E-state index is 15.9. The maximum Gasteiger partial charge on any atom is 0.490 e. The summed E-state index contributed by atoms with van der Waals surface area (Å²) in [5.41, 5.74) is -6.95. The van der Waals surface area contributed by atoms with E-state index in [0.29, 0.717) is 4.57 Å². The Morgan fingerprint density at radius 1 is 0.886 bits per heavy atom. The Morgan fingerprint density at radius 3 is 1.96 bits per heavy atom. The van der Waals surface area contributed by atoms with E-state index in [-0.39, 0.29) is 23.6 Å². The molecule has 11 N–H and O–H groups in total. The van der Waals surface area contributed by atoms with Gasteiger partial charge in [0.1, 0.15) is 54.2 Å². The van der Waals surface area contributed by atoms with Crippen LogP contribution in [-0.4, -0.2) is 134 Å². The van der Waals surface area contributed by atoms with Crippen molar-refractivity contribution in [3.8, 4) is 5.75 Å². The molecule has 5 rings (SSSR count). The van der Waals surface area contributed by atoms with Gasteiger partial charge < -0.3 is 69.0 Å². The van der Waals surface area contributed by atoms with Gasteiger partial charge in [0, 0.05) is 24.5 Å². The predicted octanol–water partition coefficient (Wildman–Crippen LogP) is 0.495. The molecule has 70 heavy (non-hydrogen) atoms. The fourth-order valence-corrected chi connectivity index (χ4v) is 10.7. The second-order valence-electron chi connectivity index (χ2n) is 17.0. The Balaban J connectivity index is 0.000000313. The van der Waals surface area contributed by atoms with Gasteiger partial charge in [-0.15, -0.1) is 0 Å². The van der Waals surface area contributed by atoms with Crippen molar-refractivity contribution in [1.82, 2.24) is 24.9 Å². The standard InChI is InChI=1S/C24H33FN3O10P.C11H18FN2O14P3/c1-15(18(30)35-13-22(2,3)4)27-39(34,38-16-9-7-6-8-10-16)36-14-24(25)19(31)23(5,33)20(37-24)28-12-11-17(29)26-21(28)32;1-6-13-7(15)3-4-14(6)9-10(2,17)8(16)11(12,26-9)5-25-30(21,22)28-31(23,24)27-29(18,19)20/h6-12,15,19-20,31,33H,13-14H2,1-5H3,(H,27,34)(H,26,29,32);3-4,8-9,16-17H,1,5H2,2H3,(H,13,15)(H,21,22)(H,23,24)(H2,18,19,20)/t15?,19-,20+,23+,24+,39?;8-,9+,10+,11+/m00/s1. The Morgan fingerprint density at radius 2 is 1.43 bits per heavy atom. The van der Waals surface area contributed by atoms with Crippen molar-refractivity contribution in [1.29, 1.82) is 0 Å². The number of aromatic nitrogens is 2. The zero-order valence-corrected chi connectivity index (χ0v) is 41.0. The van der Waals surface area contributed by atoms with Gasteiger partial charge >= 0.3 is 42.9 Å². The fraction of sp³-hybridized carbons (Fsp3) is 0.543. The van der Waals surface area contributed by atoms with Gasteiger partial charge in [-0.2, -0.15) is 13.7 Å². The quantitative estimate of drug-likeness (QED) is 0.0715. The number of para-hydroxylation sites is 1. The van der Waals surface area contributed by atoms with E-state index in [0.717, 1.165) is 43.3 Å². The lowest BCUT2D eigenvalue weighted by Crippen LogP contribution is -2.54. The van der Waals surface area contributed by atoms with Crippen molar-refractivity contribution in [2.24, 2.45) is 5.41 Å². The number of carbonyl (C=O) groups is 2. The molecule has 12 atom stereocenters. The maximum absolute atomic E-state index is 15.9. The van der Waals surface area contributed by atoms with Gasteiger partial charge in [0.25, 0.3) is 23.2 Å². The van der Waals surface area contributed by atoms with Crippen molar-refractivity contribution in [2.45, 2.75) is 95.2 Å². The number of alkyl halides is 2. The van der Waals surface area contributed by atoms with Crippen LogP contribution in [0.2, 0.25) is 0 Å². The third-order valence-electron chi connectivity index (χ3n) is 9.45. The second kappa shape index (κ2) is 21.3. The third kappa shape index (κ3) is 15.1. The van der Waals surface area contributed by atoms with Crippen molar-refractivity contribution in [3.05, 3.63) is 88.1 Å². The predicted molar refractivity (Wildman–Crippen MR) is 229 cm³/mol. The molecule has 0 aliphatic carbocycles. The van der Waals surface area contributed by atoms with Gasteiger partial charge in [-0.25, -0.2) is 31.8 Å². The molecule has 29 nitrogen and oxygen atoms in total. The van der Waals surface area contributed by atoms with Gasteiger partial charge in [0.05, 0.1) is 6.61 Å². The number of esters is 1. The third-order valence-corrected chi connectivity index (χ3v) is 14.9. The number of benzene rings is 1. The molecule has 1 aromatic carbocycles. The normalized spacial score (nSPS) is 31.1. The first kappa shape index (κ1) is 58.7. The van der Waals surface area contributed by atoms with Crippen LogP contribution in [0.15, 0.2) is 76.9 Å². The van der Waals surface area contributed by atoms with Crippen molar-refractivity contribution in [3.63, 3.8) is 0 Å². The lowest BCUT2D eigenvalue weighted by molar-refractivity contribution is -0.207. The van der Waals surface area contributed by atoms with Crippen LogP contribution in [0.25, 0.3) is 0 Å². The van der Waals surface area contributed by atoms with Crippen LogP contribution in [0.1, 0.15) is 47.8 Å². The zero-order chi connectivity index (χ0) is 53.3. The number of ether oxygens (including phenoxy) is 3. The zero-order valence-electron chi connectivity index (χ0n) is 37.5. The van der Waals surface area contributed by atoms with Crippen LogP contribution in [0, 0.1) is 5.41 Å². The minimum absolute atomic E-state index is 0.0501. The van der Waals surface area contributed by atoms with Crippen LogP contribution >= 0.6 is 31.2 Å². The van der Waals surface area contributed by atoms with Crippen molar-refractivity contribution < 1.29 is 113 Å². The van der Waals surface area contributed by atoms with Gasteiger partial charge in [0.15, 0.2) is 12.5 Å². The van der Waals surface area contributed by atoms with E-state index in [1.807, 2.05) is 25.8 Å². The number of nitrogens with one attached hydrogen (secondary N) is 3. The number of phosphoric ester groups is 1. The first-order valence-corrected chi connectivity index (χ1v) is 25.8. The number of halogens is 2. The van der Waals surface area contributed by atoms with E-state index >= 15 is 8.78 Å². The summed E-state index contributed by atoms with van der Waals surface area (Å²) in [6.07, 6.45) is -5.36. The number of H-pyrrole nitrogens is 1. The lowest BCUT2D eigenvalue weighted by atomic mass is 9.95. The molecule has 0 bridgehead atoms. The summed E-state index contributed by atoms with van der Waals surface area (Å²) in [5, 5.41) is 46.7. The van der Waals surface area contributed by atoms with E-state index in [1.165, 1.54) is 19.1 Å². The monoisotopic (exact) mass is 1090 g/mol. The van der Waals surface area contributed by atoms with Gasteiger partial charge in [-0.05, 0) is 38.3 Å².